The van der Waals surface area contributed by atoms with E-state index in [9.17, 15) is 14.0 Å². The summed E-state index contributed by atoms with van der Waals surface area (Å²) in [5, 5.41) is 1.38. The van der Waals surface area contributed by atoms with Crippen molar-refractivity contribution in [1.82, 2.24) is 9.47 Å². The number of rotatable bonds is 5. The van der Waals surface area contributed by atoms with Crippen LogP contribution in [0.2, 0.25) is 10.0 Å². The van der Waals surface area contributed by atoms with Crippen LogP contribution in [0, 0.1) is 5.82 Å². The number of halogens is 3. The van der Waals surface area contributed by atoms with Gasteiger partial charge in [0.1, 0.15) is 5.82 Å². The lowest BCUT2D eigenvalue weighted by molar-refractivity contribution is -0.123. The minimum absolute atomic E-state index is 0.106. The van der Waals surface area contributed by atoms with Crippen LogP contribution in [0.15, 0.2) is 77.8 Å². The summed E-state index contributed by atoms with van der Waals surface area (Å²) in [5.74, 6) is -0.753. The number of carbonyl (C=O) groups excluding carboxylic acids is 2. The van der Waals surface area contributed by atoms with Crippen molar-refractivity contribution in [1.29, 1.82) is 0 Å². The molecule has 5 rings (SSSR count). The first kappa shape index (κ1) is 22.7. The van der Waals surface area contributed by atoms with Gasteiger partial charge in [0.2, 0.25) is 0 Å². The van der Waals surface area contributed by atoms with E-state index in [-0.39, 0.29) is 30.1 Å². The van der Waals surface area contributed by atoms with Gasteiger partial charge in [-0.3, -0.25) is 14.5 Å². The number of amides is 2. The standard InChI is InChI=1S/C26H17Cl2FN2O2S/c27-20-8-3-1-6-16(20)14-31-25(32)24(34-26(31)33)12-17-13-30(23-11-4-2-7-18(17)23)15-19-21(28)9-5-10-22(19)29/h1-13H,14-15H2/b24-12-. The summed E-state index contributed by atoms with van der Waals surface area (Å²) in [6.07, 6.45) is 3.55. The Hall–Kier alpha value is -3.06. The van der Waals surface area contributed by atoms with E-state index in [0.29, 0.717) is 26.1 Å². The Morgan fingerprint density at radius 3 is 2.41 bits per heavy atom. The lowest BCUT2D eigenvalue weighted by Gasteiger charge is -2.13. The maximum atomic E-state index is 14.4. The zero-order valence-electron chi connectivity index (χ0n) is 17.7. The predicted octanol–water partition coefficient (Wildman–Crippen LogP) is 7.37. The summed E-state index contributed by atoms with van der Waals surface area (Å²) in [6.45, 7) is 0.336. The largest absolute Gasteiger partial charge is 0.342 e. The number of nitrogens with zero attached hydrogens (tertiary/aromatic N) is 2. The van der Waals surface area contributed by atoms with Crippen LogP contribution in [0.1, 0.15) is 16.7 Å². The van der Waals surface area contributed by atoms with E-state index in [1.165, 1.54) is 11.0 Å². The number of carbonyl (C=O) groups is 2. The predicted molar refractivity (Wildman–Crippen MR) is 135 cm³/mol. The van der Waals surface area contributed by atoms with Gasteiger partial charge in [-0.15, -0.1) is 0 Å². The Balaban J connectivity index is 1.49. The quantitative estimate of drug-likeness (QED) is 0.263. The highest BCUT2D eigenvalue weighted by molar-refractivity contribution is 8.18. The Morgan fingerprint density at radius 1 is 0.882 bits per heavy atom. The molecule has 2 amide bonds. The Bertz CT molecular complexity index is 1460. The molecule has 170 valence electrons. The van der Waals surface area contributed by atoms with E-state index in [1.807, 2.05) is 41.1 Å². The molecular weight excluding hydrogens is 494 g/mol. The zero-order chi connectivity index (χ0) is 23.8. The van der Waals surface area contributed by atoms with E-state index in [4.69, 9.17) is 23.2 Å². The molecule has 4 aromatic rings. The summed E-state index contributed by atoms with van der Waals surface area (Å²) in [7, 11) is 0. The highest BCUT2D eigenvalue weighted by atomic mass is 35.5. The number of hydrogen-bond acceptors (Lipinski definition) is 3. The van der Waals surface area contributed by atoms with Crippen LogP contribution in [-0.4, -0.2) is 20.6 Å². The Morgan fingerprint density at radius 2 is 1.62 bits per heavy atom. The SMILES string of the molecule is O=C1S/C(=C\c2cn(Cc3c(F)cccc3Cl)c3ccccc23)C(=O)N1Cc1ccccc1Cl. The fourth-order valence-electron chi connectivity index (χ4n) is 3.95. The molecule has 2 heterocycles. The number of hydrogen-bond donors (Lipinski definition) is 0. The second kappa shape index (κ2) is 9.29. The molecule has 0 N–H and O–H groups in total. The van der Waals surface area contributed by atoms with Crippen LogP contribution in [0.3, 0.4) is 0 Å². The Kier molecular flexibility index (Phi) is 6.21. The van der Waals surface area contributed by atoms with Crippen LogP contribution >= 0.6 is 35.0 Å². The van der Waals surface area contributed by atoms with Crippen molar-refractivity contribution in [2.24, 2.45) is 0 Å². The van der Waals surface area contributed by atoms with Crippen molar-refractivity contribution in [2.45, 2.75) is 13.1 Å². The van der Waals surface area contributed by atoms with Crippen molar-refractivity contribution in [3.05, 3.63) is 110 Å². The number of fused-ring (bicyclic) bond motifs is 1. The van der Waals surface area contributed by atoms with Crippen LogP contribution in [0.4, 0.5) is 9.18 Å². The monoisotopic (exact) mass is 510 g/mol. The van der Waals surface area contributed by atoms with Crippen LogP contribution in [-0.2, 0) is 17.9 Å². The molecule has 1 fully saturated rings. The van der Waals surface area contributed by atoms with Gasteiger partial charge in [0.05, 0.1) is 18.0 Å². The molecule has 1 aliphatic heterocycles. The van der Waals surface area contributed by atoms with Gasteiger partial charge in [-0.2, -0.15) is 0 Å². The third-order valence-electron chi connectivity index (χ3n) is 5.66. The maximum Gasteiger partial charge on any atom is 0.293 e. The average Bonchev–Trinajstić information content (AvgIpc) is 3.30. The smallest absolute Gasteiger partial charge is 0.293 e. The molecule has 8 heteroatoms. The van der Waals surface area contributed by atoms with E-state index in [2.05, 4.69) is 0 Å². The van der Waals surface area contributed by atoms with Gasteiger partial charge < -0.3 is 4.57 Å². The van der Waals surface area contributed by atoms with Gasteiger partial charge in [-0.25, -0.2) is 4.39 Å². The van der Waals surface area contributed by atoms with Crippen molar-refractivity contribution < 1.29 is 14.0 Å². The minimum atomic E-state index is -0.382. The highest BCUT2D eigenvalue weighted by Crippen LogP contribution is 2.36. The first-order chi connectivity index (χ1) is 16.4. The first-order valence-electron chi connectivity index (χ1n) is 10.4. The molecule has 3 aromatic carbocycles. The molecule has 0 saturated carbocycles. The second-order valence-corrected chi connectivity index (χ2v) is 9.60. The molecule has 1 aliphatic rings. The molecule has 34 heavy (non-hydrogen) atoms. The average molecular weight is 511 g/mol. The fourth-order valence-corrected chi connectivity index (χ4v) is 5.20. The lowest BCUT2D eigenvalue weighted by Crippen LogP contribution is -2.27. The summed E-state index contributed by atoms with van der Waals surface area (Å²) >= 11 is 13.3. The zero-order valence-corrected chi connectivity index (χ0v) is 20.0. The molecule has 0 bridgehead atoms. The molecule has 4 nitrogen and oxygen atoms in total. The highest BCUT2D eigenvalue weighted by Gasteiger charge is 2.35. The molecular formula is C26H17Cl2FN2O2S. The Labute approximate surface area is 209 Å². The van der Waals surface area contributed by atoms with Crippen LogP contribution < -0.4 is 0 Å². The second-order valence-electron chi connectivity index (χ2n) is 7.79. The topological polar surface area (TPSA) is 42.3 Å². The molecule has 0 radical (unpaired) electrons. The number of thioether (sulfide) groups is 1. The number of para-hydroxylation sites is 1. The van der Waals surface area contributed by atoms with Gasteiger partial charge >= 0.3 is 0 Å². The summed E-state index contributed by atoms with van der Waals surface area (Å²) < 4.78 is 16.3. The number of benzene rings is 3. The summed E-state index contributed by atoms with van der Waals surface area (Å²) in [4.78, 5) is 27.2. The minimum Gasteiger partial charge on any atom is -0.342 e. The molecule has 0 atom stereocenters. The third kappa shape index (κ3) is 4.25. The van der Waals surface area contributed by atoms with E-state index >= 15 is 0 Å². The normalized spacial score (nSPS) is 15.1. The molecule has 1 saturated heterocycles. The summed E-state index contributed by atoms with van der Waals surface area (Å²) in [6, 6.07) is 19.4. The van der Waals surface area contributed by atoms with Gasteiger partial charge in [-0.1, -0.05) is 65.7 Å². The molecule has 1 aromatic heterocycles. The maximum absolute atomic E-state index is 14.4. The van der Waals surface area contributed by atoms with E-state index < -0.39 is 0 Å². The van der Waals surface area contributed by atoms with Crippen molar-refractivity contribution in [3.63, 3.8) is 0 Å². The van der Waals surface area contributed by atoms with Gasteiger partial charge in [0.25, 0.3) is 11.1 Å². The first-order valence-corrected chi connectivity index (χ1v) is 12.0. The molecule has 0 unspecified atom stereocenters. The third-order valence-corrected chi connectivity index (χ3v) is 7.29. The lowest BCUT2D eigenvalue weighted by atomic mass is 10.1. The molecule has 0 spiro atoms. The van der Waals surface area contributed by atoms with Crippen molar-refractivity contribution in [2.75, 3.05) is 0 Å². The molecule has 0 aliphatic carbocycles. The fraction of sp³-hybridized carbons (Fsp3) is 0.0769. The van der Waals surface area contributed by atoms with Crippen LogP contribution in [0.5, 0.6) is 0 Å². The van der Waals surface area contributed by atoms with Crippen LogP contribution in [0.25, 0.3) is 17.0 Å². The van der Waals surface area contributed by atoms with Crippen molar-refractivity contribution >= 4 is 63.1 Å². The summed E-state index contributed by atoms with van der Waals surface area (Å²) in [5.41, 5.74) is 2.71. The van der Waals surface area contributed by atoms with Crippen molar-refractivity contribution in [3.8, 4) is 0 Å². The number of imide groups is 1. The van der Waals surface area contributed by atoms with E-state index in [1.54, 1.807) is 36.4 Å². The van der Waals surface area contributed by atoms with Gasteiger partial charge in [-0.05, 0) is 47.7 Å². The van der Waals surface area contributed by atoms with Gasteiger partial charge in [0, 0.05) is 38.3 Å². The van der Waals surface area contributed by atoms with E-state index in [0.717, 1.165) is 28.2 Å². The van der Waals surface area contributed by atoms with Gasteiger partial charge in [0.15, 0.2) is 0 Å². The number of aromatic nitrogens is 1.